The van der Waals surface area contributed by atoms with E-state index in [0.717, 1.165) is 0 Å². The van der Waals surface area contributed by atoms with Crippen molar-refractivity contribution in [1.29, 1.82) is 0 Å². The fraction of sp³-hybridized carbons (Fsp3) is 0.455. The molecule has 1 aromatic heterocycles. The van der Waals surface area contributed by atoms with Gasteiger partial charge in [-0.1, -0.05) is 0 Å². The first kappa shape index (κ1) is 12.3. The highest BCUT2D eigenvalue weighted by Crippen LogP contribution is 2.02. The molecule has 2 rings (SSSR count). The fourth-order valence-electron chi connectivity index (χ4n) is 1.69. The van der Waals surface area contributed by atoms with E-state index in [9.17, 15) is 9.59 Å². The predicted molar refractivity (Wildman–Crippen MR) is 65.8 cm³/mol. The van der Waals surface area contributed by atoms with E-state index in [4.69, 9.17) is 4.74 Å². The molecular weight excluding hydrogens is 288 g/mol. The molecule has 5 nitrogen and oxygen atoms in total. The molecule has 0 radical (unpaired) electrons. The molecule has 1 aliphatic rings. The SMILES string of the molecule is O=C(Cn1cccc(Br)c1=O)N1CCOCC1. The molecular formula is C11H13BrN2O3. The van der Waals surface area contributed by atoms with Crippen molar-refractivity contribution in [3.8, 4) is 0 Å². The van der Waals surface area contributed by atoms with Crippen molar-refractivity contribution >= 4 is 21.8 Å². The molecule has 6 heteroatoms. The summed E-state index contributed by atoms with van der Waals surface area (Å²) in [4.78, 5) is 25.4. The minimum absolute atomic E-state index is 0.0477. The second kappa shape index (κ2) is 5.46. The highest BCUT2D eigenvalue weighted by molar-refractivity contribution is 9.10. The molecule has 2 heterocycles. The summed E-state index contributed by atoms with van der Waals surface area (Å²) in [5.41, 5.74) is -0.186. The number of pyridine rings is 1. The van der Waals surface area contributed by atoms with Crippen molar-refractivity contribution < 1.29 is 9.53 Å². The quantitative estimate of drug-likeness (QED) is 0.798. The van der Waals surface area contributed by atoms with Crippen LogP contribution in [0, 0.1) is 0 Å². The van der Waals surface area contributed by atoms with Crippen LogP contribution >= 0.6 is 15.9 Å². The maximum Gasteiger partial charge on any atom is 0.265 e. The zero-order valence-corrected chi connectivity index (χ0v) is 10.9. The van der Waals surface area contributed by atoms with Crippen molar-refractivity contribution in [2.24, 2.45) is 0 Å². The zero-order chi connectivity index (χ0) is 12.3. The molecule has 1 aromatic rings. The summed E-state index contributed by atoms with van der Waals surface area (Å²) in [6.45, 7) is 2.42. The molecule has 0 aromatic carbocycles. The van der Waals surface area contributed by atoms with E-state index in [1.54, 1.807) is 23.2 Å². The maximum atomic E-state index is 11.9. The van der Waals surface area contributed by atoms with Crippen molar-refractivity contribution in [1.82, 2.24) is 9.47 Å². The number of nitrogens with zero attached hydrogens (tertiary/aromatic N) is 2. The number of ether oxygens (including phenoxy) is 1. The lowest BCUT2D eigenvalue weighted by Gasteiger charge is -2.27. The summed E-state index contributed by atoms with van der Waals surface area (Å²) in [6.07, 6.45) is 1.62. The van der Waals surface area contributed by atoms with E-state index in [1.807, 2.05) is 0 Å². The van der Waals surface area contributed by atoms with E-state index in [2.05, 4.69) is 15.9 Å². The van der Waals surface area contributed by atoms with Gasteiger partial charge in [0.1, 0.15) is 6.54 Å². The number of carbonyl (C=O) groups is 1. The van der Waals surface area contributed by atoms with Crippen LogP contribution in [0.25, 0.3) is 0 Å². The number of halogens is 1. The maximum absolute atomic E-state index is 11.9. The Kier molecular flexibility index (Phi) is 3.96. The number of hydrogen-bond donors (Lipinski definition) is 0. The summed E-state index contributed by atoms with van der Waals surface area (Å²) < 4.78 is 7.05. The average Bonchev–Trinajstić information content (AvgIpc) is 2.36. The first-order valence-corrected chi connectivity index (χ1v) is 6.18. The molecule has 17 heavy (non-hydrogen) atoms. The Morgan fingerprint density at radius 3 is 2.82 bits per heavy atom. The van der Waals surface area contributed by atoms with Gasteiger partial charge in [-0.05, 0) is 28.1 Å². The average molecular weight is 301 g/mol. The molecule has 0 aliphatic carbocycles. The van der Waals surface area contributed by atoms with Crippen LogP contribution in [-0.4, -0.2) is 41.7 Å². The second-order valence-corrected chi connectivity index (χ2v) is 4.64. The minimum atomic E-state index is -0.186. The summed E-state index contributed by atoms with van der Waals surface area (Å²) in [5, 5.41) is 0. The van der Waals surface area contributed by atoms with E-state index in [0.29, 0.717) is 30.8 Å². The first-order chi connectivity index (χ1) is 8.18. The van der Waals surface area contributed by atoms with E-state index < -0.39 is 0 Å². The van der Waals surface area contributed by atoms with Crippen molar-refractivity contribution in [3.05, 3.63) is 33.2 Å². The predicted octanol–water partition coefficient (Wildman–Crippen LogP) is 0.470. The van der Waals surface area contributed by atoms with Gasteiger partial charge in [0.05, 0.1) is 17.7 Å². The normalized spacial score (nSPS) is 15.9. The van der Waals surface area contributed by atoms with Crippen LogP contribution in [-0.2, 0) is 16.1 Å². The third-order valence-corrected chi connectivity index (χ3v) is 3.25. The summed E-state index contributed by atoms with van der Waals surface area (Å²) in [6, 6.07) is 3.40. The Hall–Kier alpha value is -1.14. The minimum Gasteiger partial charge on any atom is -0.378 e. The van der Waals surface area contributed by atoms with Crippen LogP contribution < -0.4 is 5.56 Å². The smallest absolute Gasteiger partial charge is 0.265 e. The van der Waals surface area contributed by atoms with Crippen molar-refractivity contribution in [2.45, 2.75) is 6.54 Å². The molecule has 92 valence electrons. The van der Waals surface area contributed by atoms with Gasteiger partial charge in [-0.3, -0.25) is 9.59 Å². The van der Waals surface area contributed by atoms with Crippen LogP contribution in [0.5, 0.6) is 0 Å². The molecule has 0 unspecified atom stereocenters. The molecule has 1 aliphatic heterocycles. The summed E-state index contributed by atoms with van der Waals surface area (Å²) in [7, 11) is 0. The number of rotatable bonds is 2. The molecule has 0 bridgehead atoms. The van der Waals surface area contributed by atoms with E-state index in [1.165, 1.54) is 4.57 Å². The van der Waals surface area contributed by atoms with Gasteiger partial charge in [-0.15, -0.1) is 0 Å². The van der Waals surface area contributed by atoms with Gasteiger partial charge >= 0.3 is 0 Å². The number of amides is 1. The Bertz CT molecular complexity index is 466. The summed E-state index contributed by atoms with van der Waals surface area (Å²) in [5.74, 6) is -0.0477. The largest absolute Gasteiger partial charge is 0.378 e. The fourth-order valence-corrected chi connectivity index (χ4v) is 2.07. The van der Waals surface area contributed by atoms with Gasteiger partial charge in [0, 0.05) is 19.3 Å². The number of morpholine rings is 1. The van der Waals surface area contributed by atoms with E-state index >= 15 is 0 Å². The van der Waals surface area contributed by atoms with Crippen LogP contribution in [0.4, 0.5) is 0 Å². The molecule has 1 fully saturated rings. The second-order valence-electron chi connectivity index (χ2n) is 3.78. The monoisotopic (exact) mass is 300 g/mol. The van der Waals surface area contributed by atoms with Gasteiger partial charge in [0.2, 0.25) is 5.91 Å². The van der Waals surface area contributed by atoms with Gasteiger partial charge < -0.3 is 14.2 Å². The lowest BCUT2D eigenvalue weighted by Crippen LogP contribution is -2.43. The van der Waals surface area contributed by atoms with Gasteiger partial charge in [-0.2, -0.15) is 0 Å². The Morgan fingerprint density at radius 2 is 2.12 bits per heavy atom. The van der Waals surface area contributed by atoms with Crippen molar-refractivity contribution in [3.63, 3.8) is 0 Å². The number of carbonyl (C=O) groups excluding carboxylic acids is 1. The van der Waals surface area contributed by atoms with Crippen LogP contribution in [0.1, 0.15) is 0 Å². The highest BCUT2D eigenvalue weighted by Gasteiger charge is 2.17. The highest BCUT2D eigenvalue weighted by atomic mass is 79.9. The Balaban J connectivity index is 2.07. The van der Waals surface area contributed by atoms with Crippen LogP contribution in [0.3, 0.4) is 0 Å². The molecule has 0 saturated carbocycles. The standard InChI is InChI=1S/C11H13BrN2O3/c12-9-2-1-3-14(11(9)16)8-10(15)13-4-6-17-7-5-13/h1-3H,4-8H2. The Morgan fingerprint density at radius 1 is 1.41 bits per heavy atom. The number of aromatic nitrogens is 1. The molecule has 0 N–H and O–H groups in total. The Labute approximate surface area is 107 Å². The van der Waals surface area contributed by atoms with E-state index in [-0.39, 0.29) is 18.0 Å². The van der Waals surface area contributed by atoms with Gasteiger partial charge in [0.25, 0.3) is 5.56 Å². The molecule has 1 amide bonds. The molecule has 0 atom stereocenters. The van der Waals surface area contributed by atoms with Gasteiger partial charge in [-0.25, -0.2) is 0 Å². The third kappa shape index (κ3) is 2.95. The molecule has 0 spiro atoms. The lowest BCUT2D eigenvalue weighted by molar-refractivity contribution is -0.135. The van der Waals surface area contributed by atoms with Gasteiger partial charge in [0.15, 0.2) is 0 Å². The van der Waals surface area contributed by atoms with Crippen LogP contribution in [0.2, 0.25) is 0 Å². The van der Waals surface area contributed by atoms with Crippen LogP contribution in [0.15, 0.2) is 27.6 Å². The zero-order valence-electron chi connectivity index (χ0n) is 9.26. The number of hydrogen-bond acceptors (Lipinski definition) is 3. The van der Waals surface area contributed by atoms with Crippen molar-refractivity contribution in [2.75, 3.05) is 26.3 Å². The molecule has 1 saturated heterocycles. The first-order valence-electron chi connectivity index (χ1n) is 5.39. The third-order valence-electron chi connectivity index (χ3n) is 2.64. The topological polar surface area (TPSA) is 51.5 Å². The summed E-state index contributed by atoms with van der Waals surface area (Å²) >= 11 is 3.15. The lowest BCUT2D eigenvalue weighted by atomic mass is 10.4.